The molecule has 0 amide bonds. The van der Waals surface area contributed by atoms with Crippen molar-refractivity contribution in [3.05, 3.63) is 66.1 Å². The minimum Gasteiger partial charge on any atom is -0.465 e. The summed E-state index contributed by atoms with van der Waals surface area (Å²) in [5, 5.41) is 0. The Balaban J connectivity index is 1.59. The Labute approximate surface area is 126 Å². The molecule has 0 spiro atoms. The highest BCUT2D eigenvalue weighted by molar-refractivity contribution is 5.63. The van der Waals surface area contributed by atoms with E-state index in [0.717, 1.165) is 18.7 Å². The highest BCUT2D eigenvalue weighted by Crippen LogP contribution is 2.37. The molecule has 0 radical (unpaired) electrons. The Morgan fingerprint density at radius 2 is 1.95 bits per heavy atom. The second kappa shape index (κ2) is 5.53. The van der Waals surface area contributed by atoms with E-state index in [1.165, 1.54) is 30.4 Å². The third kappa shape index (κ3) is 2.56. The Kier molecular flexibility index (Phi) is 3.40. The maximum absolute atomic E-state index is 5.60. The molecule has 0 saturated carbocycles. The summed E-state index contributed by atoms with van der Waals surface area (Å²) in [4.78, 5) is 2.69. The summed E-state index contributed by atoms with van der Waals surface area (Å²) in [6, 6.07) is 16.2. The van der Waals surface area contributed by atoms with Crippen LogP contribution in [-0.2, 0) is 6.54 Å². The van der Waals surface area contributed by atoms with E-state index in [9.17, 15) is 0 Å². The largest absolute Gasteiger partial charge is 0.465 e. The lowest BCUT2D eigenvalue weighted by Gasteiger charge is -2.45. The van der Waals surface area contributed by atoms with Crippen LogP contribution in [0.25, 0.3) is 5.57 Å². The monoisotopic (exact) mass is 279 g/mol. The quantitative estimate of drug-likeness (QED) is 0.823. The third-order valence-corrected chi connectivity index (χ3v) is 4.83. The molecule has 2 nitrogen and oxygen atoms in total. The van der Waals surface area contributed by atoms with Crippen LogP contribution in [0, 0.1) is 0 Å². The molecule has 2 heteroatoms. The molecular weight excluding hydrogens is 258 g/mol. The van der Waals surface area contributed by atoms with Crippen LogP contribution in [0.4, 0.5) is 0 Å². The van der Waals surface area contributed by atoms with Crippen LogP contribution in [0.5, 0.6) is 0 Å². The van der Waals surface area contributed by atoms with Gasteiger partial charge in [-0.1, -0.05) is 42.8 Å². The van der Waals surface area contributed by atoms with Crippen molar-refractivity contribution in [1.29, 1.82) is 0 Å². The summed E-state index contributed by atoms with van der Waals surface area (Å²) in [6.45, 7) is 1.07. The van der Waals surface area contributed by atoms with Crippen LogP contribution in [0.2, 0.25) is 0 Å². The second-order valence-corrected chi connectivity index (χ2v) is 6.18. The average Bonchev–Trinajstić information content (AvgIpc) is 3.02. The molecule has 1 saturated heterocycles. The number of piperidine rings is 1. The van der Waals surface area contributed by atoms with E-state index >= 15 is 0 Å². The van der Waals surface area contributed by atoms with Gasteiger partial charge >= 0.3 is 0 Å². The van der Waals surface area contributed by atoms with Gasteiger partial charge in [-0.3, -0.25) is 4.90 Å². The predicted molar refractivity (Wildman–Crippen MR) is 84.7 cm³/mol. The molecule has 3 heterocycles. The lowest BCUT2D eigenvalue weighted by molar-refractivity contribution is 0.0946. The number of nitrogens with zero attached hydrogens (tertiary/aromatic N) is 1. The van der Waals surface area contributed by atoms with Crippen molar-refractivity contribution >= 4 is 5.57 Å². The molecule has 21 heavy (non-hydrogen) atoms. The van der Waals surface area contributed by atoms with Gasteiger partial charge in [0, 0.05) is 18.6 Å². The van der Waals surface area contributed by atoms with Crippen LogP contribution in [0.3, 0.4) is 0 Å². The molecule has 2 bridgehead atoms. The van der Waals surface area contributed by atoms with Gasteiger partial charge in [-0.25, -0.2) is 0 Å². The Hall–Kier alpha value is -1.80. The van der Waals surface area contributed by atoms with Crippen LogP contribution in [0.1, 0.15) is 37.0 Å². The highest BCUT2D eigenvalue weighted by atomic mass is 16.3. The van der Waals surface area contributed by atoms with Gasteiger partial charge in [0.2, 0.25) is 0 Å². The Bertz CT molecular complexity index is 614. The summed E-state index contributed by atoms with van der Waals surface area (Å²) in [5.41, 5.74) is 2.82. The number of furan rings is 1. The Morgan fingerprint density at radius 3 is 2.71 bits per heavy atom. The van der Waals surface area contributed by atoms with E-state index in [0.29, 0.717) is 12.1 Å². The normalized spacial score (nSPS) is 25.6. The third-order valence-electron chi connectivity index (χ3n) is 4.83. The number of rotatable bonds is 3. The molecule has 2 aromatic rings. The molecule has 4 rings (SSSR count). The van der Waals surface area contributed by atoms with Gasteiger partial charge in [-0.2, -0.15) is 0 Å². The van der Waals surface area contributed by atoms with E-state index in [2.05, 4.69) is 47.4 Å². The summed E-state index contributed by atoms with van der Waals surface area (Å²) in [5.74, 6) is 1.06. The van der Waals surface area contributed by atoms with Crippen LogP contribution in [0.15, 0.2) is 59.2 Å². The molecular formula is C19H21NO. The zero-order valence-corrected chi connectivity index (χ0v) is 12.2. The van der Waals surface area contributed by atoms with E-state index in [1.807, 2.05) is 6.07 Å². The topological polar surface area (TPSA) is 16.4 Å². The smallest absolute Gasteiger partial charge is 0.129 e. The van der Waals surface area contributed by atoms with Crippen molar-refractivity contribution in [3.63, 3.8) is 0 Å². The molecule has 1 aromatic heterocycles. The van der Waals surface area contributed by atoms with Gasteiger partial charge in [-0.05, 0) is 42.5 Å². The van der Waals surface area contributed by atoms with Crippen LogP contribution >= 0.6 is 0 Å². The minimum absolute atomic E-state index is 0.567. The van der Waals surface area contributed by atoms with E-state index in [4.69, 9.17) is 4.42 Å². The molecule has 0 N–H and O–H groups in total. The van der Waals surface area contributed by atoms with Gasteiger partial charge in [0.25, 0.3) is 0 Å². The zero-order valence-electron chi connectivity index (χ0n) is 12.2. The van der Waals surface area contributed by atoms with Crippen molar-refractivity contribution in [2.24, 2.45) is 0 Å². The minimum atomic E-state index is 0.567. The summed E-state index contributed by atoms with van der Waals surface area (Å²) < 4.78 is 5.60. The molecule has 1 aromatic carbocycles. The van der Waals surface area contributed by atoms with Crippen molar-refractivity contribution in [3.8, 4) is 0 Å². The van der Waals surface area contributed by atoms with E-state index < -0.39 is 0 Å². The molecule has 108 valence electrons. The standard InChI is InChI=1S/C19H21NO/c1-2-6-15(7-3-1)14-20-17-8-4-9-18(20)13-16(12-17)19-10-5-11-21-19/h1-3,5-7,10-12,17-18H,4,8-9,13-14H2. The zero-order chi connectivity index (χ0) is 14.1. The molecule has 1 fully saturated rings. The fourth-order valence-electron chi connectivity index (χ4n) is 3.80. The Morgan fingerprint density at radius 1 is 1.05 bits per heavy atom. The highest BCUT2D eigenvalue weighted by Gasteiger charge is 2.34. The fraction of sp³-hybridized carbons (Fsp3) is 0.368. The van der Waals surface area contributed by atoms with Crippen molar-refractivity contribution in [1.82, 2.24) is 4.90 Å². The summed E-state index contributed by atoms with van der Waals surface area (Å²) >= 11 is 0. The van der Waals surface area contributed by atoms with Gasteiger partial charge in [0.05, 0.1) is 6.26 Å². The average molecular weight is 279 g/mol. The summed E-state index contributed by atoms with van der Waals surface area (Å²) in [7, 11) is 0. The van der Waals surface area contributed by atoms with Crippen molar-refractivity contribution in [2.75, 3.05) is 0 Å². The fourth-order valence-corrected chi connectivity index (χ4v) is 3.80. The number of hydrogen-bond acceptors (Lipinski definition) is 2. The maximum Gasteiger partial charge on any atom is 0.129 e. The first-order valence-corrected chi connectivity index (χ1v) is 7.94. The first-order valence-electron chi connectivity index (χ1n) is 7.94. The number of benzene rings is 1. The molecule has 2 aliphatic rings. The maximum atomic E-state index is 5.60. The number of fused-ring (bicyclic) bond motifs is 2. The van der Waals surface area contributed by atoms with E-state index in [-0.39, 0.29) is 0 Å². The van der Waals surface area contributed by atoms with Crippen molar-refractivity contribution in [2.45, 2.75) is 44.3 Å². The lowest BCUT2D eigenvalue weighted by atomic mass is 9.84. The van der Waals surface area contributed by atoms with Gasteiger partial charge in [0.1, 0.15) is 5.76 Å². The van der Waals surface area contributed by atoms with Gasteiger partial charge in [0.15, 0.2) is 0 Å². The van der Waals surface area contributed by atoms with E-state index in [1.54, 1.807) is 6.26 Å². The van der Waals surface area contributed by atoms with Crippen molar-refractivity contribution < 1.29 is 4.42 Å². The lowest BCUT2D eigenvalue weighted by Crippen LogP contribution is -2.47. The second-order valence-electron chi connectivity index (χ2n) is 6.18. The SMILES string of the molecule is C1=C(c2ccco2)CC2CCCC1N2Cc1ccccc1. The molecule has 2 unspecified atom stereocenters. The first-order chi connectivity index (χ1) is 10.4. The molecule has 2 aliphatic heterocycles. The predicted octanol–water partition coefficient (Wildman–Crippen LogP) is 4.49. The molecule has 2 atom stereocenters. The van der Waals surface area contributed by atoms with Gasteiger partial charge in [-0.15, -0.1) is 0 Å². The van der Waals surface area contributed by atoms with Gasteiger partial charge < -0.3 is 4.42 Å². The summed E-state index contributed by atoms with van der Waals surface area (Å²) in [6.07, 6.45) is 9.27. The van der Waals surface area contributed by atoms with Crippen LogP contribution < -0.4 is 0 Å². The number of hydrogen-bond donors (Lipinski definition) is 0. The van der Waals surface area contributed by atoms with Crippen LogP contribution in [-0.4, -0.2) is 17.0 Å². The molecule has 0 aliphatic carbocycles. The first kappa shape index (κ1) is 12.9.